The minimum Gasteiger partial charge on any atom is -0.343 e. The maximum atomic E-state index is 12.6. The molecule has 0 aromatic carbocycles. The smallest absolute Gasteiger partial charge is 0.236 e. The summed E-state index contributed by atoms with van der Waals surface area (Å²) < 4.78 is 1.94. The van der Waals surface area contributed by atoms with Crippen LogP contribution in [0.2, 0.25) is 0 Å². The molecule has 1 saturated heterocycles. The van der Waals surface area contributed by atoms with Gasteiger partial charge in [0.2, 0.25) is 5.91 Å². The van der Waals surface area contributed by atoms with Crippen molar-refractivity contribution in [2.75, 3.05) is 46.3 Å². The summed E-state index contributed by atoms with van der Waals surface area (Å²) in [5.74, 6) is 0.208. The fourth-order valence-electron chi connectivity index (χ4n) is 4.05. The van der Waals surface area contributed by atoms with Crippen LogP contribution < -0.4 is 0 Å². The van der Waals surface area contributed by atoms with Gasteiger partial charge in [-0.25, -0.2) is 4.68 Å². The van der Waals surface area contributed by atoms with E-state index < -0.39 is 0 Å². The molecular formula is C21H30N6O. The molecular weight excluding hydrogens is 352 g/mol. The van der Waals surface area contributed by atoms with Crippen molar-refractivity contribution in [3.8, 4) is 5.69 Å². The highest BCUT2D eigenvalue weighted by Gasteiger charge is 2.23. The molecule has 2 aromatic heterocycles. The first-order chi connectivity index (χ1) is 13.6. The summed E-state index contributed by atoms with van der Waals surface area (Å²) in [7, 11) is 1.93. The zero-order valence-corrected chi connectivity index (χ0v) is 17.0. The maximum Gasteiger partial charge on any atom is 0.236 e. The molecule has 0 unspecified atom stereocenters. The van der Waals surface area contributed by atoms with Crippen molar-refractivity contribution < 1.29 is 4.79 Å². The van der Waals surface area contributed by atoms with Crippen LogP contribution in [0.4, 0.5) is 0 Å². The van der Waals surface area contributed by atoms with E-state index >= 15 is 0 Å². The molecule has 1 amide bonds. The summed E-state index contributed by atoms with van der Waals surface area (Å²) in [6.45, 7) is 8.30. The van der Waals surface area contributed by atoms with Gasteiger partial charge >= 0.3 is 0 Å². The number of aryl methyl sites for hydroxylation is 1. The van der Waals surface area contributed by atoms with Crippen LogP contribution in [0.15, 0.2) is 24.5 Å². The van der Waals surface area contributed by atoms with Gasteiger partial charge in [0.15, 0.2) is 0 Å². The molecule has 28 heavy (non-hydrogen) atoms. The third kappa shape index (κ3) is 4.42. The molecule has 0 atom stereocenters. The molecule has 0 spiro atoms. The predicted molar refractivity (Wildman–Crippen MR) is 108 cm³/mol. The van der Waals surface area contributed by atoms with Crippen molar-refractivity contribution in [2.24, 2.45) is 0 Å². The van der Waals surface area contributed by atoms with Crippen LogP contribution in [-0.4, -0.2) is 81.7 Å². The zero-order valence-electron chi connectivity index (χ0n) is 17.0. The number of nitrogens with zero attached hydrogens (tertiary/aromatic N) is 6. The van der Waals surface area contributed by atoms with Gasteiger partial charge in [-0.1, -0.05) is 0 Å². The number of hydrogen-bond acceptors (Lipinski definition) is 5. The third-order valence-electron chi connectivity index (χ3n) is 5.82. The Morgan fingerprint density at radius 3 is 2.82 bits per heavy atom. The van der Waals surface area contributed by atoms with Crippen LogP contribution in [0, 0.1) is 6.92 Å². The van der Waals surface area contributed by atoms with E-state index in [0.29, 0.717) is 6.54 Å². The van der Waals surface area contributed by atoms with Gasteiger partial charge in [0.1, 0.15) is 0 Å². The van der Waals surface area contributed by atoms with Crippen molar-refractivity contribution in [3.63, 3.8) is 0 Å². The molecule has 4 rings (SSSR count). The fraction of sp³-hybridized carbons (Fsp3) is 0.571. The predicted octanol–water partition coefficient (Wildman–Crippen LogP) is 1.49. The lowest BCUT2D eigenvalue weighted by Crippen LogP contribution is -2.42. The second-order valence-electron chi connectivity index (χ2n) is 8.03. The van der Waals surface area contributed by atoms with E-state index in [4.69, 9.17) is 5.10 Å². The number of aromatic nitrogens is 3. The second-order valence-corrected chi connectivity index (χ2v) is 8.03. The van der Waals surface area contributed by atoms with Crippen LogP contribution in [0.25, 0.3) is 5.69 Å². The summed E-state index contributed by atoms with van der Waals surface area (Å²) in [6.07, 6.45) is 7.38. The molecule has 7 heteroatoms. The molecule has 0 aliphatic carbocycles. The quantitative estimate of drug-likeness (QED) is 0.758. The Balaban J connectivity index is 1.32. The normalized spacial score (nSPS) is 17.6. The Hall–Kier alpha value is -2.25. The van der Waals surface area contributed by atoms with Crippen LogP contribution in [-0.2, 0) is 17.8 Å². The summed E-state index contributed by atoms with van der Waals surface area (Å²) in [6, 6.07) is 4.01. The van der Waals surface area contributed by atoms with Gasteiger partial charge in [0, 0.05) is 63.3 Å². The van der Waals surface area contributed by atoms with Gasteiger partial charge in [-0.2, -0.15) is 5.10 Å². The Kier molecular flexibility index (Phi) is 5.73. The Labute approximate surface area is 166 Å². The number of likely N-dealkylation sites (N-methyl/N-ethyl adjacent to an activating group) is 1. The highest BCUT2D eigenvalue weighted by molar-refractivity contribution is 5.78. The van der Waals surface area contributed by atoms with Gasteiger partial charge in [0.25, 0.3) is 0 Å². The van der Waals surface area contributed by atoms with E-state index in [1.54, 1.807) is 0 Å². The molecule has 7 nitrogen and oxygen atoms in total. The van der Waals surface area contributed by atoms with Gasteiger partial charge < -0.3 is 9.80 Å². The van der Waals surface area contributed by atoms with Crippen molar-refractivity contribution in [3.05, 3.63) is 41.5 Å². The second kappa shape index (κ2) is 8.41. The van der Waals surface area contributed by atoms with E-state index in [0.717, 1.165) is 49.7 Å². The first-order valence-electron chi connectivity index (χ1n) is 10.3. The van der Waals surface area contributed by atoms with E-state index in [9.17, 15) is 4.79 Å². The van der Waals surface area contributed by atoms with Gasteiger partial charge in [0.05, 0.1) is 17.9 Å². The number of hydrogen-bond donors (Lipinski definition) is 0. The van der Waals surface area contributed by atoms with Crippen LogP contribution in [0.1, 0.15) is 29.8 Å². The van der Waals surface area contributed by atoms with Crippen LogP contribution >= 0.6 is 0 Å². The van der Waals surface area contributed by atoms with Crippen molar-refractivity contribution in [1.82, 2.24) is 29.5 Å². The van der Waals surface area contributed by atoms with Gasteiger partial charge in [-0.3, -0.25) is 14.7 Å². The summed E-state index contributed by atoms with van der Waals surface area (Å²) in [4.78, 5) is 23.5. The number of rotatable bonds is 6. The molecule has 1 fully saturated rings. The average Bonchev–Trinajstić information content (AvgIpc) is 3.35. The largest absolute Gasteiger partial charge is 0.343 e. The molecule has 2 aliphatic rings. The van der Waals surface area contributed by atoms with Crippen molar-refractivity contribution >= 4 is 5.91 Å². The summed E-state index contributed by atoms with van der Waals surface area (Å²) >= 11 is 0. The number of likely N-dealkylation sites (tertiary alicyclic amines) is 1. The molecule has 4 heterocycles. The highest BCUT2D eigenvalue weighted by atomic mass is 16.2. The topological polar surface area (TPSA) is 57.5 Å². The average molecular weight is 383 g/mol. The maximum absolute atomic E-state index is 12.6. The zero-order chi connectivity index (χ0) is 19.5. The first-order valence-corrected chi connectivity index (χ1v) is 10.3. The standard InChI is InChI=1S/C21H30N6O/c1-17-13-19(5-7-22-17)27-15-18-14-26(10-6-20(18)23-27)16-21(28)24(2)11-12-25-8-3-4-9-25/h5,7,13,15H,3-4,6,8-12,14,16H2,1-2H3. The van der Waals surface area contributed by atoms with Gasteiger partial charge in [-0.05, 0) is 45.0 Å². The van der Waals surface area contributed by atoms with E-state index in [-0.39, 0.29) is 5.91 Å². The summed E-state index contributed by atoms with van der Waals surface area (Å²) in [5, 5.41) is 4.75. The number of pyridine rings is 1. The SMILES string of the molecule is Cc1cc(-n2cc3c(n2)CCN(CC(=O)N(C)CCN2CCCC2)C3)ccn1. The Morgan fingerprint density at radius 1 is 1.21 bits per heavy atom. The highest BCUT2D eigenvalue weighted by Crippen LogP contribution is 2.20. The van der Waals surface area contributed by atoms with Crippen LogP contribution in [0.3, 0.4) is 0 Å². The first kappa shape index (κ1) is 19.1. The molecule has 2 aromatic rings. The molecule has 0 N–H and O–H groups in total. The van der Waals surface area contributed by atoms with Crippen molar-refractivity contribution in [2.45, 2.75) is 32.7 Å². The minimum absolute atomic E-state index is 0.208. The van der Waals surface area contributed by atoms with E-state index in [1.807, 2.05) is 41.9 Å². The van der Waals surface area contributed by atoms with E-state index in [1.165, 1.54) is 31.5 Å². The number of carbonyl (C=O) groups is 1. The lowest BCUT2D eigenvalue weighted by atomic mass is 10.1. The van der Waals surface area contributed by atoms with Crippen LogP contribution in [0.5, 0.6) is 0 Å². The lowest BCUT2D eigenvalue weighted by Gasteiger charge is -2.28. The Bertz CT molecular complexity index is 826. The van der Waals surface area contributed by atoms with Gasteiger partial charge in [-0.15, -0.1) is 0 Å². The fourth-order valence-corrected chi connectivity index (χ4v) is 4.05. The Morgan fingerprint density at radius 2 is 2.04 bits per heavy atom. The summed E-state index contributed by atoms with van der Waals surface area (Å²) in [5.41, 5.74) is 4.37. The molecule has 0 radical (unpaired) electrons. The monoisotopic (exact) mass is 382 g/mol. The minimum atomic E-state index is 0.208. The van der Waals surface area contributed by atoms with Crippen molar-refractivity contribution in [1.29, 1.82) is 0 Å². The molecule has 2 aliphatic heterocycles. The number of amides is 1. The molecule has 150 valence electrons. The van der Waals surface area contributed by atoms with E-state index in [2.05, 4.69) is 21.0 Å². The number of carbonyl (C=O) groups excluding carboxylic acids is 1. The molecule has 0 saturated carbocycles. The lowest BCUT2D eigenvalue weighted by molar-refractivity contribution is -0.131. The molecule has 0 bridgehead atoms. The third-order valence-corrected chi connectivity index (χ3v) is 5.82. The number of fused-ring (bicyclic) bond motifs is 1.